The summed E-state index contributed by atoms with van der Waals surface area (Å²) in [6, 6.07) is 0. The van der Waals surface area contributed by atoms with Crippen molar-refractivity contribution in [3.05, 3.63) is 34.8 Å². The molecule has 0 saturated carbocycles. The van der Waals surface area contributed by atoms with Crippen LogP contribution in [0.2, 0.25) is 0 Å². The lowest BCUT2D eigenvalue weighted by atomic mass is 10.1. The van der Waals surface area contributed by atoms with Crippen molar-refractivity contribution in [3.8, 4) is 11.8 Å². The van der Waals surface area contributed by atoms with E-state index in [2.05, 4.69) is 21.7 Å². The van der Waals surface area contributed by atoms with Crippen molar-refractivity contribution < 1.29 is 9.32 Å². The van der Waals surface area contributed by atoms with Crippen LogP contribution in [-0.4, -0.2) is 43.0 Å². The van der Waals surface area contributed by atoms with Crippen molar-refractivity contribution in [2.45, 2.75) is 26.0 Å². The van der Waals surface area contributed by atoms with E-state index in [4.69, 9.17) is 0 Å². The molecule has 2 aliphatic heterocycles. The van der Waals surface area contributed by atoms with Gasteiger partial charge in [0, 0.05) is 24.1 Å². The van der Waals surface area contributed by atoms with E-state index >= 15 is 0 Å². The van der Waals surface area contributed by atoms with E-state index < -0.39 is 16.4 Å². The third-order valence-corrected chi connectivity index (χ3v) is 4.51. The summed E-state index contributed by atoms with van der Waals surface area (Å²) >= 11 is 0. The highest BCUT2D eigenvalue weighted by atomic mass is 32.2. The molecule has 6 heteroatoms. The van der Waals surface area contributed by atoms with E-state index in [1.54, 1.807) is 25.6 Å². The largest absolute Gasteiger partial charge is 0.378 e. The normalized spacial score (nSPS) is 21.6. The van der Waals surface area contributed by atoms with Crippen LogP contribution in [0, 0.1) is 11.8 Å². The van der Waals surface area contributed by atoms with Gasteiger partial charge in [-0.1, -0.05) is 5.92 Å². The topological polar surface area (TPSA) is 58.4 Å². The zero-order chi connectivity index (χ0) is 15.2. The summed E-state index contributed by atoms with van der Waals surface area (Å²) in [5.41, 5.74) is 1.53. The molecule has 3 heterocycles. The number of likely N-dealkylation sites (N-methyl/N-ethyl adjacent to an activating group) is 1. The van der Waals surface area contributed by atoms with Gasteiger partial charge in [0.25, 0.3) is 0 Å². The van der Waals surface area contributed by atoms with Crippen LogP contribution in [0.25, 0.3) is 5.03 Å². The van der Waals surface area contributed by atoms with Gasteiger partial charge in [-0.2, -0.15) is 0 Å². The van der Waals surface area contributed by atoms with Crippen LogP contribution in [0.5, 0.6) is 0 Å². The Bertz CT molecular complexity index is 741. The Labute approximate surface area is 126 Å². The minimum atomic E-state index is -1.14. The number of rotatable bonds is 0. The zero-order valence-electron chi connectivity index (χ0n) is 12.3. The summed E-state index contributed by atoms with van der Waals surface area (Å²) in [5, 5.41) is 12.2. The molecule has 0 fully saturated rings. The van der Waals surface area contributed by atoms with Crippen molar-refractivity contribution in [1.82, 2.24) is 14.5 Å². The van der Waals surface area contributed by atoms with Crippen molar-refractivity contribution in [2.24, 2.45) is 0 Å². The quantitative estimate of drug-likeness (QED) is 0.723. The molecule has 0 saturated heterocycles. The standard InChI is InChI=1S/C15H17N3O2S/c1-15(2,19)6-4-12-13-9-17(3)8-11-5-7-21(20)14(11)18(13)10-16-12/h5,7,10,19H,8-9H2,1-3H3. The van der Waals surface area contributed by atoms with Crippen LogP contribution < -0.4 is 0 Å². The van der Waals surface area contributed by atoms with Gasteiger partial charge in [0.15, 0.2) is 0 Å². The minimum Gasteiger partial charge on any atom is -0.378 e. The predicted octanol–water partition coefficient (Wildman–Crippen LogP) is 0.896. The Hall–Kier alpha value is -1.68. The Morgan fingerprint density at radius 2 is 2.19 bits per heavy atom. The molecule has 1 unspecified atom stereocenters. The second kappa shape index (κ2) is 4.95. The first-order chi connectivity index (χ1) is 9.85. The van der Waals surface area contributed by atoms with E-state index in [0.29, 0.717) is 12.2 Å². The summed E-state index contributed by atoms with van der Waals surface area (Å²) in [7, 11) is 0.873. The highest BCUT2D eigenvalue weighted by Gasteiger charge is 2.27. The van der Waals surface area contributed by atoms with Crippen molar-refractivity contribution in [1.29, 1.82) is 0 Å². The summed E-state index contributed by atoms with van der Waals surface area (Å²) in [6.07, 6.45) is 3.59. The highest BCUT2D eigenvalue weighted by Crippen LogP contribution is 2.30. The predicted molar refractivity (Wildman–Crippen MR) is 82.2 cm³/mol. The first-order valence-electron chi connectivity index (χ1n) is 6.68. The number of hydrogen-bond donors (Lipinski definition) is 1. The lowest BCUT2D eigenvalue weighted by molar-refractivity contribution is 0.143. The fourth-order valence-corrected chi connectivity index (χ4v) is 3.56. The van der Waals surface area contributed by atoms with E-state index in [1.165, 1.54) is 0 Å². The average molecular weight is 303 g/mol. The van der Waals surface area contributed by atoms with Crippen molar-refractivity contribution >= 4 is 15.8 Å². The molecule has 0 bridgehead atoms. The third-order valence-electron chi connectivity index (χ3n) is 3.29. The van der Waals surface area contributed by atoms with Crippen molar-refractivity contribution in [3.63, 3.8) is 0 Å². The minimum absolute atomic E-state index is 0.627. The Kier molecular flexibility index (Phi) is 3.36. The lowest BCUT2D eigenvalue weighted by Crippen LogP contribution is -2.19. The van der Waals surface area contributed by atoms with Crippen molar-refractivity contribution in [2.75, 3.05) is 13.6 Å². The zero-order valence-corrected chi connectivity index (χ0v) is 13.1. The van der Waals surface area contributed by atoms with E-state index in [-0.39, 0.29) is 0 Å². The van der Waals surface area contributed by atoms with E-state index in [0.717, 1.165) is 22.8 Å². The van der Waals surface area contributed by atoms with Gasteiger partial charge in [-0.05, 0) is 32.9 Å². The molecule has 1 aromatic rings. The van der Waals surface area contributed by atoms with Gasteiger partial charge >= 0.3 is 0 Å². The first-order valence-corrected chi connectivity index (χ1v) is 7.89. The molecular weight excluding hydrogens is 286 g/mol. The molecule has 0 aromatic carbocycles. The van der Waals surface area contributed by atoms with Crippen LogP contribution in [0.4, 0.5) is 0 Å². The summed E-state index contributed by atoms with van der Waals surface area (Å²) < 4.78 is 14.1. The summed E-state index contributed by atoms with van der Waals surface area (Å²) in [5.74, 6) is 5.72. The smallest absolute Gasteiger partial charge is 0.136 e. The molecule has 5 nitrogen and oxygen atoms in total. The van der Waals surface area contributed by atoms with Gasteiger partial charge in [-0.15, -0.1) is 0 Å². The Morgan fingerprint density at radius 1 is 1.43 bits per heavy atom. The van der Waals surface area contributed by atoms with Gasteiger partial charge in [0.05, 0.1) is 16.5 Å². The fourth-order valence-electron chi connectivity index (χ4n) is 2.40. The molecule has 1 N–H and O–H groups in total. The lowest BCUT2D eigenvalue weighted by Gasteiger charge is -2.13. The maximum atomic E-state index is 12.2. The van der Waals surface area contributed by atoms with Crippen LogP contribution in [0.3, 0.4) is 0 Å². The number of aliphatic hydroxyl groups is 1. The molecule has 3 rings (SSSR count). The second-order valence-corrected chi connectivity index (χ2v) is 7.08. The van der Waals surface area contributed by atoms with E-state index in [9.17, 15) is 9.32 Å². The van der Waals surface area contributed by atoms with Crippen LogP contribution in [0.1, 0.15) is 25.2 Å². The molecule has 21 heavy (non-hydrogen) atoms. The molecule has 0 amide bonds. The maximum Gasteiger partial charge on any atom is 0.136 e. The molecule has 1 aromatic heterocycles. The number of fused-ring (bicyclic) bond motifs is 2. The Morgan fingerprint density at radius 3 is 2.90 bits per heavy atom. The number of aromatic nitrogens is 2. The van der Waals surface area contributed by atoms with Gasteiger partial charge in [0.2, 0.25) is 0 Å². The van der Waals surface area contributed by atoms with Crippen LogP contribution in [-0.2, 0) is 17.3 Å². The SMILES string of the molecule is CN1CC2=C(n3cnc(C#CC(C)(C)O)c3C1)S(=O)C=C2. The average Bonchev–Trinajstić information content (AvgIpc) is 2.87. The van der Waals surface area contributed by atoms with Gasteiger partial charge < -0.3 is 5.11 Å². The maximum absolute atomic E-state index is 12.2. The third kappa shape index (κ3) is 2.72. The summed E-state index contributed by atoms with van der Waals surface area (Å²) in [6.45, 7) is 4.69. The van der Waals surface area contributed by atoms with Gasteiger partial charge in [-0.25, -0.2) is 9.19 Å². The molecular formula is C15H17N3O2S. The van der Waals surface area contributed by atoms with E-state index in [1.807, 2.05) is 17.7 Å². The summed E-state index contributed by atoms with van der Waals surface area (Å²) in [4.78, 5) is 6.46. The molecule has 1 atom stereocenters. The monoisotopic (exact) mass is 303 g/mol. The fraction of sp³-hybridized carbons (Fsp3) is 0.400. The molecule has 0 radical (unpaired) electrons. The molecule has 110 valence electrons. The molecule has 0 aliphatic carbocycles. The molecule has 0 spiro atoms. The number of nitrogens with zero attached hydrogens (tertiary/aromatic N) is 3. The van der Waals surface area contributed by atoms with Gasteiger partial charge in [0.1, 0.15) is 22.7 Å². The second-order valence-electron chi connectivity index (χ2n) is 5.82. The first kappa shape index (κ1) is 14.3. The molecule has 2 aliphatic rings. The highest BCUT2D eigenvalue weighted by molar-refractivity contribution is 7.97. The Balaban J connectivity index is 2.10. The number of hydrogen-bond acceptors (Lipinski definition) is 4. The number of imidazole rings is 1. The van der Waals surface area contributed by atoms with Crippen LogP contribution in [0.15, 0.2) is 23.4 Å². The van der Waals surface area contributed by atoms with Crippen LogP contribution >= 0.6 is 0 Å². The van der Waals surface area contributed by atoms with Gasteiger partial charge in [-0.3, -0.25) is 9.47 Å².